The van der Waals surface area contributed by atoms with Crippen LogP contribution in [0.15, 0.2) is 30.5 Å². The molecule has 3 rings (SSSR count). The number of allylic oxidation sites excluding steroid dienone is 1. The Morgan fingerprint density at radius 3 is 2.46 bits per heavy atom. The number of carbonyl (C=O) groups is 3. The summed E-state index contributed by atoms with van der Waals surface area (Å²) in [7, 11) is -16.4. The number of nitrogens with one attached hydrogen (secondary N) is 2. The summed E-state index contributed by atoms with van der Waals surface area (Å²) in [4.78, 5) is 87.3. The number of ether oxygens (including phenoxy) is 1. The van der Waals surface area contributed by atoms with E-state index < -0.39 is 84.6 Å². The maximum absolute atomic E-state index is 12.7. The molecule has 3 heterocycles. The molecule has 0 aromatic carbocycles. The molecule has 0 spiro atoms. The van der Waals surface area contributed by atoms with Crippen LogP contribution in [0.1, 0.15) is 46.3 Å². The number of aliphatic hydroxyl groups is 2. The molecule has 2 unspecified atom stereocenters. The van der Waals surface area contributed by atoms with E-state index in [0.717, 1.165) is 35.4 Å². The first-order chi connectivity index (χ1) is 26.1. The lowest BCUT2D eigenvalue weighted by Gasteiger charge is -2.30. The van der Waals surface area contributed by atoms with Crippen LogP contribution >= 0.6 is 35.2 Å². The second-order valence-corrected chi connectivity index (χ2v) is 17.9. The van der Waals surface area contributed by atoms with Crippen molar-refractivity contribution in [3.05, 3.63) is 30.5 Å². The average molecular weight is 876 g/mol. The van der Waals surface area contributed by atoms with Gasteiger partial charge >= 0.3 is 23.5 Å². The zero-order valence-electron chi connectivity index (χ0n) is 30.1. The number of thioether (sulfide) groups is 1. The van der Waals surface area contributed by atoms with Crippen LogP contribution in [0.3, 0.4) is 0 Å². The van der Waals surface area contributed by atoms with Gasteiger partial charge in [-0.3, -0.25) is 32.5 Å². The second-order valence-electron chi connectivity index (χ2n) is 12.5. The Kier molecular flexibility index (Phi) is 17.5. The highest BCUT2D eigenvalue weighted by Gasteiger charge is 2.50. The number of phosphoric acid groups is 3. The zero-order chi connectivity index (χ0) is 41.9. The van der Waals surface area contributed by atoms with Crippen LogP contribution in [-0.4, -0.2) is 123 Å². The van der Waals surface area contributed by atoms with Gasteiger partial charge < -0.3 is 50.9 Å². The van der Waals surface area contributed by atoms with E-state index in [1.54, 1.807) is 12.2 Å². The van der Waals surface area contributed by atoms with Gasteiger partial charge in [0.1, 0.15) is 36.3 Å². The molecule has 1 fully saturated rings. The monoisotopic (exact) mass is 875 g/mol. The Balaban J connectivity index is 1.48. The van der Waals surface area contributed by atoms with Crippen LogP contribution < -0.4 is 16.4 Å². The molecule has 1 aliphatic rings. The summed E-state index contributed by atoms with van der Waals surface area (Å²) in [5, 5.41) is 26.2. The van der Waals surface area contributed by atoms with Crippen molar-refractivity contribution in [3.8, 4) is 0 Å². The van der Waals surface area contributed by atoms with E-state index in [1.165, 1.54) is 13.8 Å². The normalized spacial score (nSPS) is 21.4. The Morgan fingerprint density at radius 1 is 1.09 bits per heavy atom. The van der Waals surface area contributed by atoms with E-state index >= 15 is 0 Å². The SMILES string of the molecule is CCC=C=CCC(=O)SCCNC(=O)CCNC(=O)[C@H](O)C(C)(C)COP(=O)(O)OP(=O)(O)OC[C@H]1O[C@H](n2cnc3c(N)ncnc32)[C@H](O)[C@@H]1OP(=O)(O)O. The number of fused-ring (bicyclic) bond motifs is 1. The molecule has 2 aromatic rings. The highest BCUT2D eigenvalue weighted by Crippen LogP contribution is 2.61. The Hall–Kier alpha value is -2.92. The maximum Gasteiger partial charge on any atom is 0.481 e. The van der Waals surface area contributed by atoms with Gasteiger partial charge in [0.05, 0.1) is 19.5 Å². The van der Waals surface area contributed by atoms with Crippen LogP contribution in [0.25, 0.3) is 11.2 Å². The van der Waals surface area contributed by atoms with Crippen LogP contribution in [0, 0.1) is 5.41 Å². The summed E-state index contributed by atoms with van der Waals surface area (Å²) >= 11 is 1.04. The predicted octanol–water partition coefficient (Wildman–Crippen LogP) is 0.176. The predicted molar refractivity (Wildman–Crippen MR) is 195 cm³/mol. The molecule has 0 saturated carbocycles. The minimum Gasteiger partial charge on any atom is -0.386 e. The lowest BCUT2D eigenvalue weighted by Crippen LogP contribution is -2.46. The highest BCUT2D eigenvalue weighted by atomic mass is 32.2. The fourth-order valence-corrected chi connectivity index (χ4v) is 8.16. The number of hydrogen-bond donors (Lipinski definition) is 9. The summed E-state index contributed by atoms with van der Waals surface area (Å²) in [5.74, 6) is -1.13. The van der Waals surface area contributed by atoms with Gasteiger partial charge in [-0.05, 0) is 18.6 Å². The molecular weight excluding hydrogens is 831 g/mol. The number of nitrogens with zero attached hydrogens (tertiary/aromatic N) is 4. The number of aromatic nitrogens is 4. The third kappa shape index (κ3) is 14.8. The van der Waals surface area contributed by atoms with Crippen LogP contribution in [0.2, 0.25) is 0 Å². The Morgan fingerprint density at radius 2 is 1.79 bits per heavy atom. The number of anilines is 1. The number of rotatable bonds is 22. The van der Waals surface area contributed by atoms with Gasteiger partial charge in [0.2, 0.25) is 11.8 Å². The molecule has 2 aromatic heterocycles. The largest absolute Gasteiger partial charge is 0.481 e. The van der Waals surface area contributed by atoms with Gasteiger partial charge in [-0.1, -0.05) is 32.5 Å². The van der Waals surface area contributed by atoms with E-state index in [1.807, 2.05) is 6.92 Å². The van der Waals surface area contributed by atoms with Crippen molar-refractivity contribution in [2.75, 3.05) is 37.8 Å². The van der Waals surface area contributed by atoms with Gasteiger partial charge in [-0.2, -0.15) is 4.31 Å². The second kappa shape index (κ2) is 20.7. The molecule has 0 aliphatic carbocycles. The lowest BCUT2D eigenvalue weighted by molar-refractivity contribution is -0.137. The number of phosphoric ester groups is 3. The van der Waals surface area contributed by atoms with Crippen molar-refractivity contribution in [3.63, 3.8) is 0 Å². The molecule has 24 nitrogen and oxygen atoms in total. The average Bonchev–Trinajstić information content (AvgIpc) is 3.66. The first kappa shape index (κ1) is 47.5. The van der Waals surface area contributed by atoms with Gasteiger partial charge in [-0.15, -0.1) is 5.73 Å². The third-order valence-corrected chi connectivity index (χ3v) is 11.5. The molecule has 28 heteroatoms. The van der Waals surface area contributed by atoms with Crippen molar-refractivity contribution >= 4 is 69.1 Å². The van der Waals surface area contributed by atoms with Gasteiger partial charge in [0.25, 0.3) is 0 Å². The van der Waals surface area contributed by atoms with E-state index in [-0.39, 0.29) is 48.0 Å². The molecule has 10 N–H and O–H groups in total. The first-order valence-electron chi connectivity index (χ1n) is 16.5. The minimum atomic E-state index is -5.57. The maximum atomic E-state index is 12.7. The van der Waals surface area contributed by atoms with Crippen molar-refractivity contribution < 1.29 is 80.5 Å². The van der Waals surface area contributed by atoms with Crippen molar-refractivity contribution in [2.24, 2.45) is 5.41 Å². The number of imidazole rings is 1. The quantitative estimate of drug-likeness (QED) is 0.0432. The summed E-state index contributed by atoms with van der Waals surface area (Å²) in [6.07, 6.45) is -2.51. The number of nitrogen functional groups attached to an aromatic ring is 1. The summed E-state index contributed by atoms with van der Waals surface area (Å²) in [6.45, 7) is 2.41. The molecular formula is C28H44N7O17P3S. The topological polar surface area (TPSA) is 364 Å². The van der Waals surface area contributed by atoms with E-state index in [2.05, 4.69) is 40.2 Å². The number of aliphatic hydroxyl groups excluding tert-OH is 2. The lowest BCUT2D eigenvalue weighted by atomic mass is 9.87. The minimum absolute atomic E-state index is 0.0295. The van der Waals surface area contributed by atoms with Crippen LogP contribution in [0.4, 0.5) is 5.82 Å². The number of amides is 2. The Bertz CT molecular complexity index is 1910. The summed E-state index contributed by atoms with van der Waals surface area (Å²) in [6, 6.07) is 0. The van der Waals surface area contributed by atoms with Crippen molar-refractivity contribution in [1.29, 1.82) is 0 Å². The molecule has 0 radical (unpaired) electrons. The molecule has 56 heavy (non-hydrogen) atoms. The highest BCUT2D eigenvalue weighted by molar-refractivity contribution is 8.13. The van der Waals surface area contributed by atoms with E-state index in [9.17, 15) is 57.9 Å². The smallest absolute Gasteiger partial charge is 0.386 e. The van der Waals surface area contributed by atoms with Gasteiger partial charge in [0.15, 0.2) is 22.8 Å². The number of nitrogens with two attached hydrogens (primary N) is 1. The molecule has 1 aliphatic heterocycles. The third-order valence-electron chi connectivity index (χ3n) is 7.47. The van der Waals surface area contributed by atoms with Crippen LogP contribution in [-0.2, 0) is 50.7 Å². The molecule has 0 bridgehead atoms. The van der Waals surface area contributed by atoms with Gasteiger partial charge in [0, 0.05) is 37.1 Å². The molecule has 1 saturated heterocycles. The van der Waals surface area contributed by atoms with Crippen molar-refractivity contribution in [2.45, 2.75) is 70.7 Å². The van der Waals surface area contributed by atoms with E-state index in [4.69, 9.17) is 19.5 Å². The first-order valence-corrected chi connectivity index (χ1v) is 22.0. The fourth-order valence-electron chi connectivity index (χ4n) is 4.70. The number of hydrogen-bond acceptors (Lipinski definition) is 18. The molecule has 314 valence electrons. The van der Waals surface area contributed by atoms with E-state index in [0.29, 0.717) is 5.75 Å². The summed E-state index contributed by atoms with van der Waals surface area (Å²) in [5.41, 5.74) is 7.13. The number of carbonyl (C=O) groups excluding carboxylic acids is 3. The summed E-state index contributed by atoms with van der Waals surface area (Å²) < 4.78 is 62.1. The molecule has 2 amide bonds. The standard InChI is InChI=1S/C28H44N7O17P3S/c1-4-5-6-7-8-19(37)56-12-11-30-18(36)9-10-31-26(40)23(39)28(2,3)14-49-55(46,47)52-54(44,45)48-13-17-22(51-53(41,42)43)21(38)27(50-17)35-16-34-20-24(29)32-15-33-25(20)35/h5,7,15-17,21-23,27,38-39H,4,8-14H2,1-3H3,(H,30,36)(H,31,40)(H,44,45)(H,46,47)(H2,29,32,33)(H2,41,42,43)/t6?,17-,21-,22-,23+,27+/m1/s1. The van der Waals surface area contributed by atoms with Crippen LogP contribution in [0.5, 0.6) is 0 Å². The Labute approximate surface area is 323 Å². The van der Waals surface area contributed by atoms with Crippen molar-refractivity contribution in [1.82, 2.24) is 30.2 Å². The zero-order valence-corrected chi connectivity index (χ0v) is 33.6. The van der Waals surface area contributed by atoms with Gasteiger partial charge in [-0.25, -0.2) is 28.6 Å². The fraction of sp³-hybridized carbons (Fsp3) is 0.607. The molecule has 7 atom stereocenters.